The largest absolute Gasteiger partial charge is 0.381 e. The summed E-state index contributed by atoms with van der Waals surface area (Å²) >= 11 is 3.55. The lowest BCUT2D eigenvalue weighted by molar-refractivity contribution is 0.0283. The maximum Gasteiger partial charge on any atom is 0.191 e. The summed E-state index contributed by atoms with van der Waals surface area (Å²) in [5.41, 5.74) is 1.32. The Labute approximate surface area is 171 Å². The standard InChI is InChI=1S/C21H32BrN3O2/c1-3-23-19(24-15-20(2)9-4-12-27-20)25-16-21(10-13-26-14-11-21)17-5-7-18(22)8-6-17/h5-8H,3-4,9-16H2,1-2H3,(H2,23,24,25). The summed E-state index contributed by atoms with van der Waals surface area (Å²) in [6.07, 6.45) is 4.24. The van der Waals surface area contributed by atoms with Crippen molar-refractivity contribution in [3.8, 4) is 0 Å². The monoisotopic (exact) mass is 437 g/mol. The fourth-order valence-corrected chi connectivity index (χ4v) is 4.20. The van der Waals surface area contributed by atoms with Crippen molar-refractivity contribution in [1.82, 2.24) is 10.6 Å². The Morgan fingerprint density at radius 2 is 1.85 bits per heavy atom. The van der Waals surface area contributed by atoms with Gasteiger partial charge < -0.3 is 20.1 Å². The molecule has 1 atom stereocenters. The number of benzene rings is 1. The molecule has 0 radical (unpaired) electrons. The summed E-state index contributed by atoms with van der Waals surface area (Å²) in [5.74, 6) is 0.872. The maximum absolute atomic E-state index is 5.88. The Balaban J connectivity index is 1.71. The van der Waals surface area contributed by atoms with E-state index in [1.54, 1.807) is 0 Å². The summed E-state index contributed by atoms with van der Waals surface area (Å²) in [5, 5.41) is 6.99. The van der Waals surface area contributed by atoms with Gasteiger partial charge in [0.15, 0.2) is 5.96 Å². The second-order valence-corrected chi connectivity index (χ2v) is 8.77. The zero-order valence-corrected chi connectivity index (χ0v) is 18.1. The highest BCUT2D eigenvalue weighted by molar-refractivity contribution is 9.10. The van der Waals surface area contributed by atoms with Gasteiger partial charge in [-0.15, -0.1) is 0 Å². The van der Waals surface area contributed by atoms with Crippen molar-refractivity contribution in [2.24, 2.45) is 4.99 Å². The minimum absolute atomic E-state index is 0.0723. The molecule has 0 aromatic heterocycles. The van der Waals surface area contributed by atoms with E-state index in [1.165, 1.54) is 5.56 Å². The number of hydrogen-bond acceptors (Lipinski definition) is 3. The fraction of sp³-hybridized carbons (Fsp3) is 0.667. The molecule has 2 saturated heterocycles. The molecule has 0 bridgehead atoms. The van der Waals surface area contributed by atoms with Crippen molar-refractivity contribution in [3.05, 3.63) is 34.3 Å². The van der Waals surface area contributed by atoms with Gasteiger partial charge in [0.05, 0.1) is 12.1 Å². The molecule has 150 valence electrons. The van der Waals surface area contributed by atoms with Crippen LogP contribution in [0.3, 0.4) is 0 Å². The Morgan fingerprint density at radius 3 is 2.48 bits per heavy atom. The van der Waals surface area contributed by atoms with E-state index in [1.807, 2.05) is 0 Å². The lowest BCUT2D eigenvalue weighted by Crippen LogP contribution is -2.48. The number of nitrogens with zero attached hydrogens (tertiary/aromatic N) is 1. The molecule has 1 unspecified atom stereocenters. The first-order chi connectivity index (χ1) is 13.1. The lowest BCUT2D eigenvalue weighted by Gasteiger charge is -2.38. The Bertz CT molecular complexity index is 621. The molecule has 0 amide bonds. The highest BCUT2D eigenvalue weighted by atomic mass is 79.9. The van der Waals surface area contributed by atoms with E-state index in [0.29, 0.717) is 6.54 Å². The molecule has 1 aromatic rings. The van der Waals surface area contributed by atoms with Gasteiger partial charge in [0, 0.05) is 42.8 Å². The van der Waals surface area contributed by atoms with Gasteiger partial charge in [0.25, 0.3) is 0 Å². The van der Waals surface area contributed by atoms with Gasteiger partial charge in [-0.25, -0.2) is 0 Å². The summed E-state index contributed by atoms with van der Waals surface area (Å²) in [6, 6.07) is 8.72. The number of rotatable bonds is 6. The minimum Gasteiger partial charge on any atom is -0.381 e. The van der Waals surface area contributed by atoms with Crippen LogP contribution in [0.2, 0.25) is 0 Å². The van der Waals surface area contributed by atoms with E-state index in [-0.39, 0.29) is 11.0 Å². The SMILES string of the molecule is CCNC(=NCC1(C)CCCO1)NCC1(c2ccc(Br)cc2)CCOCC1. The van der Waals surface area contributed by atoms with Crippen LogP contribution in [-0.4, -0.2) is 51.0 Å². The van der Waals surface area contributed by atoms with E-state index >= 15 is 0 Å². The quantitative estimate of drug-likeness (QED) is 0.526. The van der Waals surface area contributed by atoms with Gasteiger partial charge in [-0.05, 0) is 57.2 Å². The van der Waals surface area contributed by atoms with Crippen LogP contribution in [-0.2, 0) is 14.9 Å². The Kier molecular flexibility index (Phi) is 7.17. The van der Waals surface area contributed by atoms with Crippen LogP contribution >= 0.6 is 15.9 Å². The fourth-order valence-electron chi connectivity index (χ4n) is 3.94. The van der Waals surface area contributed by atoms with Gasteiger partial charge in [-0.2, -0.15) is 0 Å². The van der Waals surface area contributed by atoms with Crippen molar-refractivity contribution >= 4 is 21.9 Å². The molecule has 2 aliphatic heterocycles. The molecule has 2 N–H and O–H groups in total. The molecule has 0 spiro atoms. The zero-order chi connectivity index (χ0) is 19.2. The predicted molar refractivity (Wildman–Crippen MR) is 113 cm³/mol. The smallest absolute Gasteiger partial charge is 0.191 e. The third-order valence-corrected chi connectivity index (χ3v) is 6.25. The first-order valence-corrected chi connectivity index (χ1v) is 10.8. The van der Waals surface area contributed by atoms with Crippen molar-refractivity contribution in [2.75, 3.05) is 39.5 Å². The first-order valence-electron chi connectivity index (χ1n) is 10.1. The Hall–Kier alpha value is -1.11. The zero-order valence-electron chi connectivity index (χ0n) is 16.5. The van der Waals surface area contributed by atoms with Crippen LogP contribution in [0, 0.1) is 0 Å². The summed E-state index contributed by atoms with van der Waals surface area (Å²) < 4.78 is 12.6. The van der Waals surface area contributed by atoms with Crippen LogP contribution in [0.4, 0.5) is 0 Å². The molecule has 2 aliphatic rings. The minimum atomic E-state index is -0.121. The first kappa shape index (κ1) is 20.6. The second-order valence-electron chi connectivity index (χ2n) is 7.85. The molecule has 6 heteroatoms. The molecule has 0 aliphatic carbocycles. The number of aliphatic imine (C=N–C) groups is 1. The van der Waals surface area contributed by atoms with E-state index in [9.17, 15) is 0 Å². The summed E-state index contributed by atoms with van der Waals surface area (Å²) in [7, 11) is 0. The highest BCUT2D eigenvalue weighted by Gasteiger charge is 2.35. The molecular formula is C21H32BrN3O2. The number of guanidine groups is 1. The predicted octanol–water partition coefficient (Wildman–Crippen LogP) is 3.62. The van der Waals surface area contributed by atoms with Gasteiger partial charge in [-0.3, -0.25) is 4.99 Å². The van der Waals surface area contributed by atoms with Crippen LogP contribution in [0.15, 0.2) is 33.7 Å². The number of halogens is 1. The molecule has 2 fully saturated rings. The topological polar surface area (TPSA) is 54.9 Å². The normalized spacial score (nSPS) is 25.4. The lowest BCUT2D eigenvalue weighted by atomic mass is 9.74. The molecule has 3 rings (SSSR count). The molecule has 5 nitrogen and oxygen atoms in total. The van der Waals surface area contributed by atoms with E-state index in [4.69, 9.17) is 14.5 Å². The van der Waals surface area contributed by atoms with Crippen LogP contribution in [0.5, 0.6) is 0 Å². The summed E-state index contributed by atoms with van der Waals surface area (Å²) in [4.78, 5) is 4.82. The Morgan fingerprint density at radius 1 is 1.11 bits per heavy atom. The number of nitrogens with one attached hydrogen (secondary N) is 2. The van der Waals surface area contributed by atoms with Crippen molar-refractivity contribution in [1.29, 1.82) is 0 Å². The average Bonchev–Trinajstić information content (AvgIpc) is 3.12. The van der Waals surface area contributed by atoms with Crippen LogP contribution in [0.25, 0.3) is 0 Å². The van der Waals surface area contributed by atoms with Gasteiger partial charge >= 0.3 is 0 Å². The summed E-state index contributed by atoms with van der Waals surface area (Å²) in [6.45, 7) is 9.10. The van der Waals surface area contributed by atoms with E-state index in [0.717, 1.165) is 69.0 Å². The van der Waals surface area contributed by atoms with Crippen molar-refractivity contribution in [3.63, 3.8) is 0 Å². The third-order valence-electron chi connectivity index (χ3n) is 5.72. The average molecular weight is 438 g/mol. The molecule has 1 aromatic carbocycles. The molecule has 27 heavy (non-hydrogen) atoms. The third kappa shape index (κ3) is 5.46. The second kappa shape index (κ2) is 9.39. The maximum atomic E-state index is 5.88. The van der Waals surface area contributed by atoms with Crippen molar-refractivity contribution < 1.29 is 9.47 Å². The number of ether oxygens (including phenoxy) is 2. The van der Waals surface area contributed by atoms with E-state index < -0.39 is 0 Å². The molecule has 0 saturated carbocycles. The molecule has 2 heterocycles. The van der Waals surface area contributed by atoms with Crippen LogP contribution in [0.1, 0.15) is 45.1 Å². The van der Waals surface area contributed by atoms with Crippen LogP contribution < -0.4 is 10.6 Å². The van der Waals surface area contributed by atoms with Gasteiger partial charge in [0.1, 0.15) is 0 Å². The number of hydrogen-bond donors (Lipinski definition) is 2. The van der Waals surface area contributed by atoms with Gasteiger partial charge in [-0.1, -0.05) is 28.1 Å². The highest BCUT2D eigenvalue weighted by Crippen LogP contribution is 2.35. The van der Waals surface area contributed by atoms with Gasteiger partial charge in [0.2, 0.25) is 0 Å². The molecular weight excluding hydrogens is 406 g/mol. The van der Waals surface area contributed by atoms with Crippen molar-refractivity contribution in [2.45, 2.75) is 50.5 Å². The van der Waals surface area contributed by atoms with E-state index in [2.05, 4.69) is 64.7 Å².